The molecule has 0 radical (unpaired) electrons. The van der Waals surface area contributed by atoms with Crippen LogP contribution in [0.2, 0.25) is 0 Å². The molecule has 1 aliphatic heterocycles. The zero-order valence-corrected chi connectivity index (χ0v) is 9.34. The quantitative estimate of drug-likeness (QED) is 0.684. The average molecular weight is 196 g/mol. The lowest BCUT2D eigenvalue weighted by molar-refractivity contribution is -0.129. The van der Waals surface area contributed by atoms with Crippen LogP contribution in [-0.4, -0.2) is 36.0 Å². The van der Waals surface area contributed by atoms with E-state index >= 15 is 0 Å². The molecule has 0 bridgehead atoms. The first-order chi connectivity index (χ1) is 6.50. The minimum absolute atomic E-state index is 0.0225. The van der Waals surface area contributed by atoms with Crippen molar-refractivity contribution in [1.82, 2.24) is 10.2 Å². The Morgan fingerprint density at radius 1 is 1.71 bits per heavy atom. The average Bonchev–Trinajstić information content (AvgIpc) is 2.34. The van der Waals surface area contributed by atoms with E-state index in [0.29, 0.717) is 12.6 Å². The van der Waals surface area contributed by atoms with Gasteiger partial charge in [0.1, 0.15) is 0 Å². The second-order valence-electron chi connectivity index (χ2n) is 4.38. The van der Waals surface area contributed by atoms with Crippen LogP contribution in [0.25, 0.3) is 0 Å². The number of amides is 1. The first kappa shape index (κ1) is 11.2. The predicted octanol–water partition coefficient (Wildman–Crippen LogP) is 1.16. The fraction of sp³-hybridized carbons (Fsp3) is 0.727. The summed E-state index contributed by atoms with van der Waals surface area (Å²) in [5, 5.41) is 3.27. The minimum Gasteiger partial charge on any atom is -0.337 e. The molecule has 3 nitrogen and oxygen atoms in total. The van der Waals surface area contributed by atoms with Crippen molar-refractivity contribution in [3.8, 4) is 0 Å². The second kappa shape index (κ2) is 4.60. The summed E-state index contributed by atoms with van der Waals surface area (Å²) in [4.78, 5) is 13.7. The SMILES string of the molecule is C=C(C)CN1CCC(NC(C)C)C1=O. The molecule has 1 rings (SSSR count). The normalized spacial score (nSPS) is 22.1. The van der Waals surface area contributed by atoms with E-state index in [4.69, 9.17) is 0 Å². The molecule has 0 aromatic heterocycles. The molecule has 1 atom stereocenters. The molecule has 1 unspecified atom stereocenters. The predicted molar refractivity (Wildman–Crippen MR) is 58.1 cm³/mol. The molecule has 1 heterocycles. The number of carbonyl (C=O) groups excluding carboxylic acids is 1. The molecule has 3 heteroatoms. The molecule has 80 valence electrons. The summed E-state index contributed by atoms with van der Waals surface area (Å²) in [5.41, 5.74) is 1.04. The number of nitrogens with zero attached hydrogens (tertiary/aromatic N) is 1. The fourth-order valence-electron chi connectivity index (χ4n) is 1.78. The summed E-state index contributed by atoms with van der Waals surface area (Å²) >= 11 is 0. The first-order valence-corrected chi connectivity index (χ1v) is 5.20. The summed E-state index contributed by atoms with van der Waals surface area (Å²) < 4.78 is 0. The van der Waals surface area contributed by atoms with Gasteiger partial charge in [0, 0.05) is 19.1 Å². The maximum absolute atomic E-state index is 11.8. The summed E-state index contributed by atoms with van der Waals surface area (Å²) in [6, 6.07) is 0.392. The Morgan fingerprint density at radius 2 is 2.36 bits per heavy atom. The van der Waals surface area contributed by atoms with Crippen molar-refractivity contribution >= 4 is 5.91 Å². The van der Waals surface area contributed by atoms with Gasteiger partial charge in [0.2, 0.25) is 5.91 Å². The van der Waals surface area contributed by atoms with E-state index in [1.54, 1.807) is 0 Å². The molecule has 1 aliphatic rings. The minimum atomic E-state index is 0.0225. The Hall–Kier alpha value is -0.830. The highest BCUT2D eigenvalue weighted by Crippen LogP contribution is 2.12. The topological polar surface area (TPSA) is 32.3 Å². The molecule has 0 aromatic carbocycles. The molecule has 1 saturated heterocycles. The number of hydrogen-bond acceptors (Lipinski definition) is 2. The van der Waals surface area contributed by atoms with Crippen LogP contribution in [-0.2, 0) is 4.79 Å². The third-order valence-corrected chi connectivity index (χ3v) is 2.29. The molecule has 0 aromatic rings. The van der Waals surface area contributed by atoms with Crippen LogP contribution < -0.4 is 5.32 Å². The number of nitrogens with one attached hydrogen (secondary N) is 1. The van der Waals surface area contributed by atoms with Crippen LogP contribution in [0.3, 0.4) is 0 Å². The highest BCUT2D eigenvalue weighted by Gasteiger charge is 2.31. The zero-order chi connectivity index (χ0) is 10.7. The van der Waals surface area contributed by atoms with Crippen molar-refractivity contribution in [2.45, 2.75) is 39.3 Å². The Kier molecular flexibility index (Phi) is 3.69. The summed E-state index contributed by atoms with van der Waals surface area (Å²) in [6.07, 6.45) is 0.921. The van der Waals surface area contributed by atoms with Gasteiger partial charge in [-0.15, -0.1) is 0 Å². The van der Waals surface area contributed by atoms with E-state index in [1.807, 2.05) is 11.8 Å². The van der Waals surface area contributed by atoms with Gasteiger partial charge in [-0.1, -0.05) is 26.0 Å². The van der Waals surface area contributed by atoms with E-state index in [-0.39, 0.29) is 11.9 Å². The number of hydrogen-bond donors (Lipinski definition) is 1. The van der Waals surface area contributed by atoms with Crippen LogP contribution in [0.4, 0.5) is 0 Å². The molecule has 1 fully saturated rings. The van der Waals surface area contributed by atoms with Gasteiger partial charge in [0.15, 0.2) is 0 Å². The van der Waals surface area contributed by atoms with Crippen LogP contribution >= 0.6 is 0 Å². The highest BCUT2D eigenvalue weighted by molar-refractivity contribution is 5.84. The van der Waals surface area contributed by atoms with Gasteiger partial charge >= 0.3 is 0 Å². The molecule has 0 aliphatic carbocycles. The van der Waals surface area contributed by atoms with Gasteiger partial charge in [0.05, 0.1) is 6.04 Å². The molecule has 1 N–H and O–H groups in total. The Balaban J connectivity index is 2.47. The standard InChI is InChI=1S/C11H20N2O/c1-8(2)7-13-6-5-10(11(13)14)12-9(3)4/h9-10,12H,1,5-7H2,2-4H3. The van der Waals surface area contributed by atoms with Crippen molar-refractivity contribution in [1.29, 1.82) is 0 Å². The van der Waals surface area contributed by atoms with Gasteiger partial charge in [-0.05, 0) is 13.3 Å². The van der Waals surface area contributed by atoms with Crippen LogP contribution in [0.15, 0.2) is 12.2 Å². The maximum atomic E-state index is 11.8. The summed E-state index contributed by atoms with van der Waals surface area (Å²) in [6.45, 7) is 11.5. The lowest BCUT2D eigenvalue weighted by Crippen LogP contribution is -2.41. The van der Waals surface area contributed by atoms with Crippen LogP contribution in [0.5, 0.6) is 0 Å². The molecule has 14 heavy (non-hydrogen) atoms. The monoisotopic (exact) mass is 196 g/mol. The Bertz CT molecular complexity index is 235. The second-order valence-corrected chi connectivity index (χ2v) is 4.38. The third kappa shape index (κ3) is 2.84. The van der Waals surface area contributed by atoms with Crippen molar-refractivity contribution in [2.24, 2.45) is 0 Å². The lowest BCUT2D eigenvalue weighted by Gasteiger charge is -2.18. The van der Waals surface area contributed by atoms with Gasteiger partial charge in [-0.3, -0.25) is 4.79 Å². The van der Waals surface area contributed by atoms with Gasteiger partial charge in [-0.25, -0.2) is 0 Å². The zero-order valence-electron chi connectivity index (χ0n) is 9.34. The van der Waals surface area contributed by atoms with Crippen molar-refractivity contribution in [3.63, 3.8) is 0 Å². The third-order valence-electron chi connectivity index (χ3n) is 2.29. The van der Waals surface area contributed by atoms with E-state index in [0.717, 1.165) is 18.5 Å². The molecular formula is C11H20N2O. The number of rotatable bonds is 4. The smallest absolute Gasteiger partial charge is 0.240 e. The van der Waals surface area contributed by atoms with Crippen molar-refractivity contribution in [2.75, 3.05) is 13.1 Å². The Morgan fingerprint density at radius 3 is 2.86 bits per heavy atom. The summed E-state index contributed by atoms with van der Waals surface area (Å²) in [5.74, 6) is 0.224. The molecular weight excluding hydrogens is 176 g/mol. The Labute approximate surface area is 86.2 Å². The number of carbonyl (C=O) groups is 1. The van der Waals surface area contributed by atoms with Crippen LogP contribution in [0, 0.1) is 0 Å². The van der Waals surface area contributed by atoms with Crippen molar-refractivity contribution < 1.29 is 4.79 Å². The van der Waals surface area contributed by atoms with E-state index in [1.165, 1.54) is 0 Å². The van der Waals surface area contributed by atoms with Gasteiger partial charge in [-0.2, -0.15) is 0 Å². The fourth-order valence-corrected chi connectivity index (χ4v) is 1.78. The highest BCUT2D eigenvalue weighted by atomic mass is 16.2. The van der Waals surface area contributed by atoms with E-state index in [2.05, 4.69) is 25.7 Å². The molecule has 0 spiro atoms. The maximum Gasteiger partial charge on any atom is 0.240 e. The van der Waals surface area contributed by atoms with Crippen LogP contribution in [0.1, 0.15) is 27.2 Å². The number of likely N-dealkylation sites (tertiary alicyclic amines) is 1. The van der Waals surface area contributed by atoms with E-state index < -0.39 is 0 Å². The van der Waals surface area contributed by atoms with Gasteiger partial charge < -0.3 is 10.2 Å². The summed E-state index contributed by atoms with van der Waals surface area (Å²) in [7, 11) is 0. The van der Waals surface area contributed by atoms with Crippen molar-refractivity contribution in [3.05, 3.63) is 12.2 Å². The molecule has 1 amide bonds. The van der Waals surface area contributed by atoms with Gasteiger partial charge in [0.25, 0.3) is 0 Å². The molecule has 0 saturated carbocycles. The lowest BCUT2D eigenvalue weighted by atomic mass is 10.2. The largest absolute Gasteiger partial charge is 0.337 e. The first-order valence-electron chi connectivity index (χ1n) is 5.20. The van der Waals surface area contributed by atoms with E-state index in [9.17, 15) is 4.79 Å².